The van der Waals surface area contributed by atoms with Gasteiger partial charge < -0.3 is 19.0 Å². The second kappa shape index (κ2) is 7.90. The minimum absolute atomic E-state index is 0.134. The number of amides is 2. The lowest BCUT2D eigenvalue weighted by Gasteiger charge is -2.34. The zero-order valence-electron chi connectivity index (χ0n) is 14.8. The fourth-order valence-electron chi connectivity index (χ4n) is 2.93. The van der Waals surface area contributed by atoms with Gasteiger partial charge in [0, 0.05) is 37.8 Å². The molecule has 2 heterocycles. The van der Waals surface area contributed by atoms with Crippen LogP contribution in [0.3, 0.4) is 0 Å². The van der Waals surface area contributed by atoms with Crippen molar-refractivity contribution in [2.75, 3.05) is 32.8 Å². The molecule has 3 rings (SSSR count). The van der Waals surface area contributed by atoms with E-state index in [-0.39, 0.29) is 28.8 Å². The molecule has 0 aliphatic carbocycles. The predicted octanol–water partition coefficient (Wildman–Crippen LogP) is 2.18. The van der Waals surface area contributed by atoms with Crippen molar-refractivity contribution in [1.29, 1.82) is 0 Å². The summed E-state index contributed by atoms with van der Waals surface area (Å²) in [5.41, 5.74) is 0.452. The monoisotopic (exact) mass is 373 g/mol. The first-order valence-corrected chi connectivity index (χ1v) is 8.53. The first-order valence-electron chi connectivity index (χ1n) is 8.53. The Morgan fingerprint density at radius 1 is 1.11 bits per heavy atom. The van der Waals surface area contributed by atoms with Crippen LogP contribution >= 0.6 is 0 Å². The Hall–Kier alpha value is -3.36. The van der Waals surface area contributed by atoms with Crippen molar-refractivity contribution in [3.8, 4) is 5.75 Å². The molecule has 1 fully saturated rings. The van der Waals surface area contributed by atoms with Gasteiger partial charge in [0.1, 0.15) is 6.26 Å². The van der Waals surface area contributed by atoms with Gasteiger partial charge >= 0.3 is 5.69 Å². The Morgan fingerprint density at radius 2 is 1.74 bits per heavy atom. The van der Waals surface area contributed by atoms with E-state index in [0.717, 1.165) is 0 Å². The average Bonchev–Trinajstić information content (AvgIpc) is 3.22. The van der Waals surface area contributed by atoms with Gasteiger partial charge in [-0.25, -0.2) is 0 Å². The number of hydrogen-bond donors (Lipinski definition) is 0. The molecule has 0 atom stereocenters. The molecular weight excluding hydrogens is 354 g/mol. The van der Waals surface area contributed by atoms with Crippen LogP contribution in [0.5, 0.6) is 5.75 Å². The van der Waals surface area contributed by atoms with Gasteiger partial charge in [0.25, 0.3) is 11.8 Å². The van der Waals surface area contributed by atoms with Crippen molar-refractivity contribution in [2.24, 2.45) is 0 Å². The van der Waals surface area contributed by atoms with E-state index in [2.05, 4.69) is 0 Å². The van der Waals surface area contributed by atoms with Gasteiger partial charge in [0.2, 0.25) is 0 Å². The fourth-order valence-corrected chi connectivity index (χ4v) is 2.93. The molecule has 0 unspecified atom stereocenters. The topological polar surface area (TPSA) is 106 Å². The molecule has 142 valence electrons. The van der Waals surface area contributed by atoms with Gasteiger partial charge in [-0.15, -0.1) is 0 Å². The summed E-state index contributed by atoms with van der Waals surface area (Å²) in [6.45, 7) is 3.49. The maximum Gasteiger partial charge on any atom is 0.311 e. The van der Waals surface area contributed by atoms with Crippen LogP contribution in [-0.2, 0) is 0 Å². The van der Waals surface area contributed by atoms with Crippen molar-refractivity contribution >= 4 is 17.5 Å². The van der Waals surface area contributed by atoms with Crippen LogP contribution in [0.2, 0.25) is 0 Å². The maximum absolute atomic E-state index is 12.7. The van der Waals surface area contributed by atoms with E-state index in [1.165, 1.54) is 30.7 Å². The molecule has 1 aliphatic heterocycles. The number of nitrogens with zero attached hydrogens (tertiary/aromatic N) is 3. The number of nitro benzene ring substituents is 1. The predicted molar refractivity (Wildman–Crippen MR) is 94.8 cm³/mol. The highest BCUT2D eigenvalue weighted by molar-refractivity contribution is 5.96. The minimum Gasteiger partial charge on any atom is -0.487 e. The molecule has 2 aromatic rings. The SMILES string of the molecule is CCOc1ccc(C(=O)N2CCN(C(=O)c3ccoc3)CC2)cc1[N+](=O)[O-]. The molecule has 2 amide bonds. The number of piperazine rings is 1. The molecule has 0 radical (unpaired) electrons. The van der Waals surface area contributed by atoms with E-state index in [4.69, 9.17) is 9.15 Å². The highest BCUT2D eigenvalue weighted by Crippen LogP contribution is 2.28. The average molecular weight is 373 g/mol. The number of ether oxygens (including phenoxy) is 1. The first-order chi connectivity index (χ1) is 13.0. The van der Waals surface area contributed by atoms with E-state index in [1.54, 1.807) is 22.8 Å². The van der Waals surface area contributed by atoms with E-state index < -0.39 is 4.92 Å². The third-order valence-corrected chi connectivity index (χ3v) is 4.32. The zero-order valence-corrected chi connectivity index (χ0v) is 14.8. The number of carbonyl (C=O) groups is 2. The second-order valence-electron chi connectivity index (χ2n) is 5.97. The summed E-state index contributed by atoms with van der Waals surface area (Å²) in [4.78, 5) is 38.9. The lowest BCUT2D eigenvalue weighted by atomic mass is 10.1. The van der Waals surface area contributed by atoms with Crippen molar-refractivity contribution in [1.82, 2.24) is 9.80 Å². The standard InChI is InChI=1S/C18H19N3O6/c1-2-27-16-4-3-13(11-15(16)21(24)25)17(22)19-6-8-20(9-7-19)18(23)14-5-10-26-12-14/h3-5,10-12H,2,6-9H2,1H3. The van der Waals surface area contributed by atoms with Crippen molar-refractivity contribution in [3.63, 3.8) is 0 Å². The zero-order chi connectivity index (χ0) is 19.4. The molecular formula is C18H19N3O6. The summed E-state index contributed by atoms with van der Waals surface area (Å²) >= 11 is 0. The summed E-state index contributed by atoms with van der Waals surface area (Å²) in [5.74, 6) is -0.321. The third-order valence-electron chi connectivity index (χ3n) is 4.32. The second-order valence-corrected chi connectivity index (χ2v) is 5.97. The summed E-state index contributed by atoms with van der Waals surface area (Å²) in [6.07, 6.45) is 2.82. The Bertz CT molecular complexity index is 841. The number of nitro groups is 1. The van der Waals surface area contributed by atoms with Gasteiger partial charge in [0.15, 0.2) is 5.75 Å². The van der Waals surface area contributed by atoms with Crippen LogP contribution in [0.25, 0.3) is 0 Å². The van der Waals surface area contributed by atoms with Gasteiger partial charge in [-0.05, 0) is 25.1 Å². The third kappa shape index (κ3) is 3.91. The number of rotatable bonds is 5. The lowest BCUT2D eigenvalue weighted by Crippen LogP contribution is -2.50. The molecule has 9 heteroatoms. The van der Waals surface area contributed by atoms with Crippen LogP contribution in [0.15, 0.2) is 41.2 Å². The first kappa shape index (κ1) is 18.4. The molecule has 27 heavy (non-hydrogen) atoms. The summed E-state index contributed by atoms with van der Waals surface area (Å²) in [5, 5.41) is 11.2. The molecule has 0 bridgehead atoms. The number of furan rings is 1. The molecule has 1 aromatic carbocycles. The largest absolute Gasteiger partial charge is 0.487 e. The Kier molecular flexibility index (Phi) is 5.39. The lowest BCUT2D eigenvalue weighted by molar-refractivity contribution is -0.385. The maximum atomic E-state index is 12.7. The molecule has 1 aromatic heterocycles. The Labute approximate surface area is 155 Å². The number of carbonyl (C=O) groups excluding carboxylic acids is 2. The van der Waals surface area contributed by atoms with E-state index >= 15 is 0 Å². The molecule has 1 aliphatic rings. The summed E-state index contributed by atoms with van der Waals surface area (Å²) in [6, 6.07) is 5.78. The van der Waals surface area contributed by atoms with Crippen LogP contribution in [-0.4, -0.2) is 59.3 Å². The van der Waals surface area contributed by atoms with Crippen molar-refractivity contribution in [2.45, 2.75) is 6.92 Å². The van der Waals surface area contributed by atoms with Gasteiger partial charge in [-0.1, -0.05) is 0 Å². The molecule has 0 spiro atoms. The van der Waals surface area contributed by atoms with Crippen LogP contribution in [0.4, 0.5) is 5.69 Å². The van der Waals surface area contributed by atoms with Crippen LogP contribution < -0.4 is 4.74 Å². The van der Waals surface area contributed by atoms with E-state index in [0.29, 0.717) is 38.3 Å². The fraction of sp³-hybridized carbons (Fsp3) is 0.333. The van der Waals surface area contributed by atoms with Gasteiger partial charge in [-0.2, -0.15) is 0 Å². The highest BCUT2D eigenvalue weighted by atomic mass is 16.6. The van der Waals surface area contributed by atoms with Gasteiger partial charge in [0.05, 0.1) is 23.4 Å². The molecule has 0 N–H and O–H groups in total. The van der Waals surface area contributed by atoms with Crippen molar-refractivity contribution in [3.05, 3.63) is 58.0 Å². The van der Waals surface area contributed by atoms with E-state index in [1.807, 2.05) is 0 Å². The number of benzene rings is 1. The summed E-state index contributed by atoms with van der Waals surface area (Å²) in [7, 11) is 0. The van der Waals surface area contributed by atoms with Crippen LogP contribution in [0.1, 0.15) is 27.6 Å². The minimum atomic E-state index is -0.566. The van der Waals surface area contributed by atoms with Crippen LogP contribution in [0, 0.1) is 10.1 Å². The molecule has 0 saturated carbocycles. The normalized spacial score (nSPS) is 14.1. The Morgan fingerprint density at radius 3 is 2.26 bits per heavy atom. The quantitative estimate of drug-likeness (QED) is 0.587. The van der Waals surface area contributed by atoms with E-state index in [9.17, 15) is 19.7 Å². The summed E-state index contributed by atoms with van der Waals surface area (Å²) < 4.78 is 10.2. The molecule has 9 nitrogen and oxygen atoms in total. The van der Waals surface area contributed by atoms with Crippen molar-refractivity contribution < 1.29 is 23.7 Å². The highest BCUT2D eigenvalue weighted by Gasteiger charge is 2.27. The Balaban J connectivity index is 1.68. The number of hydrogen-bond acceptors (Lipinski definition) is 6. The van der Waals surface area contributed by atoms with Gasteiger partial charge in [-0.3, -0.25) is 19.7 Å². The smallest absolute Gasteiger partial charge is 0.311 e. The molecule has 1 saturated heterocycles.